The van der Waals surface area contributed by atoms with Crippen molar-refractivity contribution in [2.75, 3.05) is 37.7 Å². The van der Waals surface area contributed by atoms with Crippen LogP contribution < -0.4 is 4.90 Å². The SMILES string of the molecule is CCCn1c(CCN2Cc3cccc(N4CCOCC4)c3C2=O)nc2ccccc21. The molecule has 6 nitrogen and oxygen atoms in total. The van der Waals surface area contributed by atoms with Gasteiger partial charge in [0.25, 0.3) is 5.91 Å². The van der Waals surface area contributed by atoms with E-state index in [0.717, 1.165) is 73.8 Å². The molecular formula is C24H28N4O2. The molecule has 2 aliphatic rings. The van der Waals surface area contributed by atoms with Gasteiger partial charge in [-0.05, 0) is 30.2 Å². The Kier molecular flexibility index (Phi) is 5.17. The van der Waals surface area contributed by atoms with E-state index in [1.54, 1.807) is 0 Å². The van der Waals surface area contributed by atoms with E-state index >= 15 is 0 Å². The number of aryl methyl sites for hydroxylation is 1. The van der Waals surface area contributed by atoms with Gasteiger partial charge in [-0.25, -0.2) is 4.98 Å². The summed E-state index contributed by atoms with van der Waals surface area (Å²) >= 11 is 0. The van der Waals surface area contributed by atoms with Crippen molar-refractivity contribution in [3.8, 4) is 0 Å². The lowest BCUT2D eigenvalue weighted by Gasteiger charge is -2.30. The summed E-state index contributed by atoms with van der Waals surface area (Å²) in [5.41, 5.74) is 5.28. The number of hydrogen-bond donors (Lipinski definition) is 0. The van der Waals surface area contributed by atoms with Crippen LogP contribution in [0.5, 0.6) is 0 Å². The molecule has 3 heterocycles. The average molecular weight is 405 g/mol. The lowest BCUT2D eigenvalue weighted by Crippen LogP contribution is -2.37. The van der Waals surface area contributed by atoms with Crippen LogP contribution in [-0.2, 0) is 24.2 Å². The minimum atomic E-state index is 0.144. The average Bonchev–Trinajstić information content (AvgIpc) is 3.30. The molecule has 1 amide bonds. The number of ether oxygens (including phenoxy) is 1. The summed E-state index contributed by atoms with van der Waals surface area (Å²) in [7, 11) is 0. The van der Waals surface area contributed by atoms with E-state index in [1.165, 1.54) is 5.52 Å². The number of hydrogen-bond acceptors (Lipinski definition) is 4. The van der Waals surface area contributed by atoms with Gasteiger partial charge in [0.05, 0.1) is 35.5 Å². The van der Waals surface area contributed by atoms with Crippen LogP contribution >= 0.6 is 0 Å². The molecular weight excluding hydrogens is 376 g/mol. The van der Waals surface area contributed by atoms with Crippen molar-refractivity contribution in [1.82, 2.24) is 14.5 Å². The van der Waals surface area contributed by atoms with Crippen molar-refractivity contribution < 1.29 is 9.53 Å². The van der Waals surface area contributed by atoms with E-state index in [4.69, 9.17) is 9.72 Å². The number of para-hydroxylation sites is 2. The van der Waals surface area contributed by atoms with Crippen molar-refractivity contribution in [1.29, 1.82) is 0 Å². The number of imidazole rings is 1. The Labute approximate surface area is 177 Å². The molecule has 1 fully saturated rings. The van der Waals surface area contributed by atoms with E-state index < -0.39 is 0 Å². The Morgan fingerprint density at radius 1 is 1.03 bits per heavy atom. The van der Waals surface area contributed by atoms with E-state index in [1.807, 2.05) is 11.0 Å². The molecule has 0 N–H and O–H groups in total. The van der Waals surface area contributed by atoms with Gasteiger partial charge in [-0.1, -0.05) is 31.2 Å². The van der Waals surface area contributed by atoms with Gasteiger partial charge in [-0.15, -0.1) is 0 Å². The number of anilines is 1. The summed E-state index contributed by atoms with van der Waals surface area (Å²) in [5, 5.41) is 0. The number of amides is 1. The number of rotatable bonds is 6. The molecule has 0 radical (unpaired) electrons. The monoisotopic (exact) mass is 404 g/mol. The van der Waals surface area contributed by atoms with Gasteiger partial charge in [0.1, 0.15) is 5.82 Å². The van der Waals surface area contributed by atoms with Crippen molar-refractivity contribution in [3.63, 3.8) is 0 Å². The largest absolute Gasteiger partial charge is 0.378 e. The maximum Gasteiger partial charge on any atom is 0.256 e. The number of morpholine rings is 1. The molecule has 0 saturated carbocycles. The van der Waals surface area contributed by atoms with E-state index in [2.05, 4.69) is 52.8 Å². The maximum absolute atomic E-state index is 13.3. The van der Waals surface area contributed by atoms with Crippen LogP contribution in [0.1, 0.15) is 35.1 Å². The standard InChI is InChI=1S/C24H28N4O2/c1-2-11-28-20-8-4-3-7-19(20)25-22(28)10-12-27-17-18-6-5-9-21(23(18)24(27)29)26-13-15-30-16-14-26/h3-9H,2,10-17H2,1H3. The first-order valence-corrected chi connectivity index (χ1v) is 10.9. The molecule has 2 aliphatic heterocycles. The number of carbonyl (C=O) groups excluding carboxylic acids is 1. The van der Waals surface area contributed by atoms with Crippen molar-refractivity contribution >= 4 is 22.6 Å². The minimum Gasteiger partial charge on any atom is -0.378 e. The first kappa shape index (κ1) is 19.1. The first-order chi connectivity index (χ1) is 14.8. The van der Waals surface area contributed by atoms with Gasteiger partial charge in [0.15, 0.2) is 0 Å². The van der Waals surface area contributed by atoms with Gasteiger partial charge in [0, 0.05) is 39.1 Å². The summed E-state index contributed by atoms with van der Waals surface area (Å²) in [6.07, 6.45) is 1.83. The second kappa shape index (κ2) is 8.11. The van der Waals surface area contributed by atoms with Crippen LogP contribution in [0.15, 0.2) is 42.5 Å². The van der Waals surface area contributed by atoms with Crippen LogP contribution in [0.4, 0.5) is 5.69 Å². The number of nitrogens with zero attached hydrogens (tertiary/aromatic N) is 4. The molecule has 0 spiro atoms. The van der Waals surface area contributed by atoms with Crippen molar-refractivity contribution in [3.05, 3.63) is 59.4 Å². The zero-order valence-corrected chi connectivity index (χ0v) is 17.5. The quantitative estimate of drug-likeness (QED) is 0.631. The molecule has 3 aromatic rings. The first-order valence-electron chi connectivity index (χ1n) is 10.9. The molecule has 0 unspecified atom stereocenters. The maximum atomic E-state index is 13.3. The number of carbonyl (C=O) groups is 1. The highest BCUT2D eigenvalue weighted by Crippen LogP contribution is 2.32. The minimum absolute atomic E-state index is 0.144. The third-order valence-corrected chi connectivity index (χ3v) is 6.13. The van der Waals surface area contributed by atoms with Gasteiger partial charge < -0.3 is 19.1 Å². The Morgan fingerprint density at radius 3 is 2.70 bits per heavy atom. The fourth-order valence-corrected chi connectivity index (χ4v) is 4.67. The Balaban J connectivity index is 1.36. The van der Waals surface area contributed by atoms with E-state index in [-0.39, 0.29) is 5.91 Å². The van der Waals surface area contributed by atoms with Crippen LogP contribution in [0.3, 0.4) is 0 Å². The molecule has 1 aromatic heterocycles. The summed E-state index contributed by atoms with van der Waals surface area (Å²) < 4.78 is 7.79. The molecule has 2 aromatic carbocycles. The highest BCUT2D eigenvalue weighted by atomic mass is 16.5. The third-order valence-electron chi connectivity index (χ3n) is 6.13. The molecule has 156 valence electrons. The van der Waals surface area contributed by atoms with Crippen LogP contribution in [0.25, 0.3) is 11.0 Å². The zero-order valence-electron chi connectivity index (χ0n) is 17.5. The van der Waals surface area contributed by atoms with Gasteiger partial charge in [0.2, 0.25) is 0 Å². The highest BCUT2D eigenvalue weighted by molar-refractivity contribution is 6.03. The Hall–Kier alpha value is -2.86. The van der Waals surface area contributed by atoms with Crippen LogP contribution in [-0.4, -0.2) is 53.2 Å². The molecule has 0 bridgehead atoms. The summed E-state index contributed by atoms with van der Waals surface area (Å²) in [6.45, 7) is 7.61. The fourth-order valence-electron chi connectivity index (χ4n) is 4.67. The smallest absolute Gasteiger partial charge is 0.256 e. The predicted octanol–water partition coefficient (Wildman–Crippen LogP) is 3.48. The molecule has 1 saturated heterocycles. The fraction of sp³-hybridized carbons (Fsp3) is 0.417. The van der Waals surface area contributed by atoms with Crippen molar-refractivity contribution in [2.24, 2.45) is 0 Å². The van der Waals surface area contributed by atoms with Crippen LogP contribution in [0, 0.1) is 0 Å². The molecule has 0 atom stereocenters. The molecule has 5 rings (SSSR count). The summed E-state index contributed by atoms with van der Waals surface area (Å²) in [5.74, 6) is 1.21. The second-order valence-corrected chi connectivity index (χ2v) is 8.06. The third kappa shape index (κ3) is 3.35. The summed E-state index contributed by atoms with van der Waals surface area (Å²) in [6, 6.07) is 14.5. The number of fused-ring (bicyclic) bond motifs is 2. The zero-order chi connectivity index (χ0) is 20.5. The lowest BCUT2D eigenvalue weighted by molar-refractivity contribution is 0.0778. The normalized spacial score (nSPS) is 16.5. The highest BCUT2D eigenvalue weighted by Gasteiger charge is 2.31. The number of aromatic nitrogens is 2. The van der Waals surface area contributed by atoms with E-state index in [0.29, 0.717) is 13.1 Å². The number of benzene rings is 2. The topological polar surface area (TPSA) is 50.6 Å². The Bertz CT molecular complexity index is 1070. The van der Waals surface area contributed by atoms with Crippen LogP contribution in [0.2, 0.25) is 0 Å². The molecule has 6 heteroatoms. The van der Waals surface area contributed by atoms with Gasteiger partial charge >= 0.3 is 0 Å². The lowest BCUT2D eigenvalue weighted by atomic mass is 10.1. The predicted molar refractivity (Wildman–Crippen MR) is 118 cm³/mol. The van der Waals surface area contributed by atoms with E-state index in [9.17, 15) is 4.79 Å². The Morgan fingerprint density at radius 2 is 1.87 bits per heavy atom. The second-order valence-electron chi connectivity index (χ2n) is 8.06. The molecule has 30 heavy (non-hydrogen) atoms. The van der Waals surface area contributed by atoms with Crippen molar-refractivity contribution in [2.45, 2.75) is 32.9 Å². The summed E-state index contributed by atoms with van der Waals surface area (Å²) in [4.78, 5) is 22.4. The van der Waals surface area contributed by atoms with Gasteiger partial charge in [-0.2, -0.15) is 0 Å². The van der Waals surface area contributed by atoms with Gasteiger partial charge in [-0.3, -0.25) is 4.79 Å². The molecule has 0 aliphatic carbocycles.